The summed E-state index contributed by atoms with van der Waals surface area (Å²) >= 11 is 0.534. The molecule has 1 aliphatic carbocycles. The number of aliphatic hydroxyl groups is 1. The third kappa shape index (κ3) is 5.64. The van der Waals surface area contributed by atoms with Crippen molar-refractivity contribution in [2.75, 3.05) is 6.26 Å². The number of aliphatic carboxylic acids is 1. The van der Waals surface area contributed by atoms with E-state index in [1.807, 2.05) is 0 Å². The van der Waals surface area contributed by atoms with Crippen molar-refractivity contribution in [1.29, 1.82) is 0 Å². The Morgan fingerprint density at radius 3 is 2.27 bits per heavy atom. The van der Waals surface area contributed by atoms with Crippen LogP contribution in [0.15, 0.2) is 41.3 Å². The second kappa shape index (κ2) is 10.9. The number of carbonyl (C=O) groups is 2. The van der Waals surface area contributed by atoms with E-state index in [0.29, 0.717) is 23.0 Å². The Hall–Kier alpha value is -3.38. The Bertz CT molecular complexity index is 1300. The fourth-order valence-electron chi connectivity index (χ4n) is 4.03. The molecule has 0 saturated heterocycles. The van der Waals surface area contributed by atoms with Crippen LogP contribution in [0, 0.1) is 23.3 Å². The lowest BCUT2D eigenvalue weighted by atomic mass is 10.0. The molecule has 7 nitrogen and oxygen atoms in total. The summed E-state index contributed by atoms with van der Waals surface area (Å²) in [6.45, 7) is -0.662. The highest BCUT2D eigenvalue weighted by molar-refractivity contribution is 7.98. The van der Waals surface area contributed by atoms with Gasteiger partial charge in [0.2, 0.25) is 0 Å². The number of halogens is 4. The number of benzene rings is 2. The van der Waals surface area contributed by atoms with Crippen LogP contribution < -0.4 is 5.32 Å². The van der Waals surface area contributed by atoms with E-state index in [4.69, 9.17) is 0 Å². The predicted molar refractivity (Wildman–Crippen MR) is 126 cm³/mol. The third-order valence-electron chi connectivity index (χ3n) is 6.11. The molecule has 2 atom stereocenters. The van der Waals surface area contributed by atoms with E-state index in [0.717, 1.165) is 17.5 Å². The number of nitrogens with zero attached hydrogens (tertiary/aromatic N) is 2. The molecular weight excluding hydrogens is 514 g/mol. The van der Waals surface area contributed by atoms with Gasteiger partial charge in [-0.3, -0.25) is 9.48 Å². The molecule has 3 aromatic rings. The Morgan fingerprint density at radius 1 is 1.11 bits per heavy atom. The fourth-order valence-corrected chi connectivity index (χ4v) is 4.56. The van der Waals surface area contributed by atoms with Crippen LogP contribution in [-0.4, -0.2) is 50.3 Å². The first-order chi connectivity index (χ1) is 17.6. The van der Waals surface area contributed by atoms with E-state index in [-0.39, 0.29) is 18.0 Å². The molecule has 196 valence electrons. The van der Waals surface area contributed by atoms with Gasteiger partial charge in [0.25, 0.3) is 5.91 Å². The molecule has 1 saturated carbocycles. The number of aliphatic hydroxyl groups excluding tert-OH is 1. The van der Waals surface area contributed by atoms with E-state index in [1.165, 1.54) is 12.3 Å². The maximum absolute atomic E-state index is 14.6. The van der Waals surface area contributed by atoms with Crippen LogP contribution in [0.1, 0.15) is 46.1 Å². The third-order valence-corrected chi connectivity index (χ3v) is 6.88. The summed E-state index contributed by atoms with van der Waals surface area (Å²) in [5, 5.41) is 26.0. The van der Waals surface area contributed by atoms with Gasteiger partial charge in [-0.1, -0.05) is 30.3 Å². The van der Waals surface area contributed by atoms with Gasteiger partial charge in [-0.25, -0.2) is 22.4 Å². The molecule has 0 spiro atoms. The average molecular weight is 538 g/mol. The van der Waals surface area contributed by atoms with Crippen molar-refractivity contribution < 1.29 is 37.4 Å². The van der Waals surface area contributed by atoms with Crippen molar-refractivity contribution in [2.45, 2.75) is 48.8 Å². The minimum absolute atomic E-state index is 0.00695. The van der Waals surface area contributed by atoms with Crippen molar-refractivity contribution in [3.63, 3.8) is 0 Å². The monoisotopic (exact) mass is 537 g/mol. The number of hydrogen-bond acceptors (Lipinski definition) is 5. The zero-order valence-electron chi connectivity index (χ0n) is 19.6. The summed E-state index contributed by atoms with van der Waals surface area (Å²) in [4.78, 5) is 23.6. The fraction of sp³-hybridized carbons (Fsp3) is 0.320. The highest BCUT2D eigenvalue weighted by Gasteiger charge is 2.33. The molecule has 0 aliphatic heterocycles. The molecule has 0 radical (unpaired) electrons. The van der Waals surface area contributed by atoms with Crippen molar-refractivity contribution in [2.24, 2.45) is 0 Å². The molecule has 1 heterocycles. The van der Waals surface area contributed by atoms with Gasteiger partial charge in [-0.05, 0) is 37.1 Å². The number of amides is 1. The molecule has 0 bridgehead atoms. The smallest absolute Gasteiger partial charge is 0.334 e. The highest BCUT2D eigenvalue weighted by atomic mass is 32.2. The van der Waals surface area contributed by atoms with Crippen LogP contribution >= 0.6 is 11.8 Å². The molecule has 1 fully saturated rings. The number of hydrogen-bond donors (Lipinski definition) is 3. The van der Waals surface area contributed by atoms with Gasteiger partial charge < -0.3 is 15.5 Å². The lowest BCUT2D eigenvalue weighted by Gasteiger charge is -2.21. The van der Waals surface area contributed by atoms with Crippen LogP contribution in [0.3, 0.4) is 0 Å². The van der Waals surface area contributed by atoms with Crippen molar-refractivity contribution >= 4 is 23.6 Å². The SMILES string of the molecule is CSc1c(F)c(F)c(Cn2nc(C(=O)NC(Cc3ccccc3)C(O)C(=O)O)cc2C2CC2)c(F)c1F. The van der Waals surface area contributed by atoms with E-state index in [1.54, 1.807) is 30.3 Å². The minimum atomic E-state index is -1.92. The zero-order valence-corrected chi connectivity index (χ0v) is 20.4. The molecule has 4 rings (SSSR count). The second-order valence-corrected chi connectivity index (χ2v) is 9.52. The molecule has 3 N–H and O–H groups in total. The molecule has 1 aliphatic rings. The Morgan fingerprint density at radius 2 is 1.73 bits per heavy atom. The Labute approximate surface area is 213 Å². The predicted octanol–water partition coefficient (Wildman–Crippen LogP) is 3.87. The average Bonchev–Trinajstić information content (AvgIpc) is 3.64. The van der Waals surface area contributed by atoms with Gasteiger partial charge in [0.1, 0.15) is 5.69 Å². The van der Waals surface area contributed by atoms with Crippen molar-refractivity contribution in [3.8, 4) is 0 Å². The van der Waals surface area contributed by atoms with E-state index >= 15 is 0 Å². The summed E-state index contributed by atoms with van der Waals surface area (Å²) in [6, 6.07) is 8.79. The summed E-state index contributed by atoms with van der Waals surface area (Å²) < 4.78 is 59.0. The maximum Gasteiger partial charge on any atom is 0.334 e. The summed E-state index contributed by atoms with van der Waals surface area (Å²) in [7, 11) is 0. The molecule has 1 aromatic heterocycles. The van der Waals surface area contributed by atoms with Crippen LogP contribution in [0.25, 0.3) is 0 Å². The van der Waals surface area contributed by atoms with Gasteiger partial charge in [-0.15, -0.1) is 11.8 Å². The number of carboxylic acids is 1. The van der Waals surface area contributed by atoms with Gasteiger partial charge in [0, 0.05) is 11.6 Å². The normalized spacial score (nSPS) is 14.9. The number of rotatable bonds is 10. The summed E-state index contributed by atoms with van der Waals surface area (Å²) in [6.07, 6.45) is 0.821. The standard InChI is InChI=1S/C25H23F4N3O4S/c1-37-23-20(28)18(26)14(19(27)21(23)29)11-32-17(13-7-8-13)10-16(31-32)24(34)30-15(22(33)25(35)36)9-12-5-3-2-4-6-12/h2-6,10,13,15,22,33H,7-9,11H2,1H3,(H,30,34)(H,35,36). The molecule has 2 aromatic carbocycles. The lowest BCUT2D eigenvalue weighted by molar-refractivity contribution is -0.148. The number of carboxylic acid groups (broad SMARTS) is 1. The van der Waals surface area contributed by atoms with Crippen molar-refractivity contribution in [3.05, 3.63) is 82.2 Å². The largest absolute Gasteiger partial charge is 0.479 e. The second-order valence-electron chi connectivity index (χ2n) is 8.71. The van der Waals surface area contributed by atoms with Gasteiger partial charge in [-0.2, -0.15) is 5.10 Å². The van der Waals surface area contributed by atoms with Crippen LogP contribution in [0.5, 0.6) is 0 Å². The first-order valence-electron chi connectivity index (χ1n) is 11.3. The number of nitrogens with one attached hydrogen (secondary N) is 1. The molecule has 2 unspecified atom stereocenters. The summed E-state index contributed by atoms with van der Waals surface area (Å²) in [5.41, 5.74) is 0.0474. The van der Waals surface area contributed by atoms with Crippen LogP contribution in [-0.2, 0) is 17.8 Å². The first-order valence-corrected chi connectivity index (χ1v) is 12.6. The lowest BCUT2D eigenvalue weighted by Crippen LogP contribution is -2.48. The quantitative estimate of drug-likeness (QED) is 0.206. The van der Waals surface area contributed by atoms with E-state index < -0.39 is 64.3 Å². The summed E-state index contributed by atoms with van der Waals surface area (Å²) in [5.74, 6) is -8.52. The number of aromatic nitrogens is 2. The van der Waals surface area contributed by atoms with Crippen molar-refractivity contribution in [1.82, 2.24) is 15.1 Å². The van der Waals surface area contributed by atoms with Crippen LogP contribution in [0.2, 0.25) is 0 Å². The Balaban J connectivity index is 1.63. The molecular formula is C25H23F4N3O4S. The minimum Gasteiger partial charge on any atom is -0.479 e. The maximum atomic E-state index is 14.6. The van der Waals surface area contributed by atoms with E-state index in [2.05, 4.69) is 10.4 Å². The molecule has 37 heavy (non-hydrogen) atoms. The Kier molecular flexibility index (Phi) is 7.88. The first kappa shape index (κ1) is 26.7. The van der Waals surface area contributed by atoms with Crippen LogP contribution in [0.4, 0.5) is 17.6 Å². The highest BCUT2D eigenvalue weighted by Crippen LogP contribution is 2.41. The molecule has 12 heteroatoms. The number of carbonyl (C=O) groups excluding carboxylic acids is 1. The van der Waals surface area contributed by atoms with Gasteiger partial charge >= 0.3 is 5.97 Å². The topological polar surface area (TPSA) is 104 Å². The van der Waals surface area contributed by atoms with Gasteiger partial charge in [0.15, 0.2) is 29.4 Å². The number of thioether (sulfide) groups is 1. The zero-order chi connectivity index (χ0) is 26.9. The molecule has 1 amide bonds. The van der Waals surface area contributed by atoms with Gasteiger partial charge in [0.05, 0.1) is 23.0 Å². The van der Waals surface area contributed by atoms with E-state index in [9.17, 15) is 37.4 Å².